The lowest BCUT2D eigenvalue weighted by atomic mass is 10.1. The Morgan fingerprint density at radius 1 is 1.38 bits per heavy atom. The second-order valence-electron chi connectivity index (χ2n) is 3.89. The van der Waals surface area contributed by atoms with Gasteiger partial charge in [-0.05, 0) is 31.4 Å². The van der Waals surface area contributed by atoms with Crippen LogP contribution in [-0.2, 0) is 4.79 Å². The lowest BCUT2D eigenvalue weighted by Gasteiger charge is -2.01. The molecule has 86 valence electrons. The van der Waals surface area contributed by atoms with Crippen molar-refractivity contribution in [3.8, 4) is 0 Å². The SMILES string of the molecule is CC(=O)SCCC=Cc1ccc(C)cc1C. The monoisotopic (exact) mass is 234 g/mol. The molecular weight excluding hydrogens is 216 g/mol. The number of carbonyl (C=O) groups excluding carboxylic acids is 1. The molecule has 0 radical (unpaired) electrons. The van der Waals surface area contributed by atoms with Crippen molar-refractivity contribution >= 4 is 23.0 Å². The first-order valence-corrected chi connectivity index (χ1v) is 6.45. The number of carbonyl (C=O) groups is 1. The van der Waals surface area contributed by atoms with Crippen LogP contribution < -0.4 is 0 Å². The minimum absolute atomic E-state index is 0.194. The number of hydrogen-bond acceptors (Lipinski definition) is 2. The molecule has 0 fully saturated rings. The summed E-state index contributed by atoms with van der Waals surface area (Å²) >= 11 is 1.38. The molecule has 16 heavy (non-hydrogen) atoms. The number of aryl methyl sites for hydroxylation is 2. The van der Waals surface area contributed by atoms with Crippen molar-refractivity contribution in [3.63, 3.8) is 0 Å². The van der Waals surface area contributed by atoms with Gasteiger partial charge in [-0.3, -0.25) is 4.79 Å². The summed E-state index contributed by atoms with van der Waals surface area (Å²) in [6, 6.07) is 6.44. The molecular formula is C14H18OS. The van der Waals surface area contributed by atoms with Gasteiger partial charge in [-0.15, -0.1) is 0 Å². The predicted molar refractivity (Wildman–Crippen MR) is 72.7 cm³/mol. The van der Waals surface area contributed by atoms with Crippen LogP contribution in [0.5, 0.6) is 0 Å². The molecule has 0 spiro atoms. The third-order valence-corrected chi connectivity index (χ3v) is 3.16. The fourth-order valence-corrected chi connectivity index (χ4v) is 2.04. The number of hydrogen-bond donors (Lipinski definition) is 0. The second-order valence-corrected chi connectivity index (χ2v) is 5.16. The Balaban J connectivity index is 2.47. The Hall–Kier alpha value is -1.02. The molecule has 0 atom stereocenters. The van der Waals surface area contributed by atoms with Crippen LogP contribution >= 0.6 is 11.8 Å². The van der Waals surface area contributed by atoms with Crippen molar-refractivity contribution in [1.29, 1.82) is 0 Å². The summed E-state index contributed by atoms with van der Waals surface area (Å²) in [5.74, 6) is 0.872. The molecule has 1 aromatic carbocycles. The molecule has 0 bridgehead atoms. The van der Waals surface area contributed by atoms with Gasteiger partial charge in [0.1, 0.15) is 0 Å². The molecule has 1 aromatic rings. The molecule has 0 aliphatic carbocycles. The molecule has 0 unspecified atom stereocenters. The minimum Gasteiger partial charge on any atom is -0.288 e. The van der Waals surface area contributed by atoms with E-state index >= 15 is 0 Å². The normalized spacial score (nSPS) is 10.9. The highest BCUT2D eigenvalue weighted by molar-refractivity contribution is 8.13. The highest BCUT2D eigenvalue weighted by Gasteiger charge is 1.94. The molecule has 0 saturated carbocycles. The fourth-order valence-electron chi connectivity index (χ4n) is 1.49. The molecule has 0 aliphatic rings. The first kappa shape index (κ1) is 13.0. The molecule has 0 aromatic heterocycles. The predicted octanol–water partition coefficient (Wildman–Crippen LogP) is 3.99. The van der Waals surface area contributed by atoms with Crippen LogP contribution in [0.4, 0.5) is 0 Å². The molecule has 0 N–H and O–H groups in total. The zero-order valence-electron chi connectivity index (χ0n) is 10.1. The number of rotatable bonds is 4. The zero-order chi connectivity index (χ0) is 12.0. The average molecular weight is 234 g/mol. The molecule has 0 aliphatic heterocycles. The van der Waals surface area contributed by atoms with Gasteiger partial charge in [0.25, 0.3) is 0 Å². The van der Waals surface area contributed by atoms with Crippen molar-refractivity contribution in [3.05, 3.63) is 41.0 Å². The van der Waals surface area contributed by atoms with Crippen LogP contribution in [-0.4, -0.2) is 10.9 Å². The lowest BCUT2D eigenvalue weighted by molar-refractivity contribution is -0.109. The summed E-state index contributed by atoms with van der Waals surface area (Å²) in [4.78, 5) is 10.7. The van der Waals surface area contributed by atoms with Crippen LogP contribution in [0.3, 0.4) is 0 Å². The maximum absolute atomic E-state index is 10.7. The van der Waals surface area contributed by atoms with Crippen LogP contribution in [0.1, 0.15) is 30.0 Å². The highest BCUT2D eigenvalue weighted by atomic mass is 32.2. The van der Waals surface area contributed by atoms with E-state index in [0.29, 0.717) is 0 Å². The molecule has 2 heteroatoms. The van der Waals surface area contributed by atoms with E-state index in [1.165, 1.54) is 28.5 Å². The van der Waals surface area contributed by atoms with Gasteiger partial charge in [-0.1, -0.05) is 47.7 Å². The summed E-state index contributed by atoms with van der Waals surface area (Å²) in [5.41, 5.74) is 3.86. The Bertz CT molecular complexity index is 394. The summed E-state index contributed by atoms with van der Waals surface area (Å²) in [5, 5.41) is 0.194. The van der Waals surface area contributed by atoms with Crippen LogP contribution in [0.2, 0.25) is 0 Å². The van der Waals surface area contributed by atoms with E-state index in [0.717, 1.165) is 12.2 Å². The third-order valence-electron chi connectivity index (χ3n) is 2.31. The van der Waals surface area contributed by atoms with Gasteiger partial charge >= 0.3 is 0 Å². The fraction of sp³-hybridized carbons (Fsp3) is 0.357. The number of allylic oxidation sites excluding steroid dienone is 1. The second kappa shape index (κ2) is 6.54. The smallest absolute Gasteiger partial charge is 0.185 e. The van der Waals surface area contributed by atoms with Gasteiger partial charge < -0.3 is 0 Å². The van der Waals surface area contributed by atoms with E-state index < -0.39 is 0 Å². The van der Waals surface area contributed by atoms with E-state index in [4.69, 9.17) is 0 Å². The third kappa shape index (κ3) is 4.67. The highest BCUT2D eigenvalue weighted by Crippen LogP contribution is 2.13. The topological polar surface area (TPSA) is 17.1 Å². The quantitative estimate of drug-likeness (QED) is 0.733. The van der Waals surface area contributed by atoms with Gasteiger partial charge in [0.2, 0.25) is 0 Å². The van der Waals surface area contributed by atoms with E-state index in [1.54, 1.807) is 6.92 Å². The summed E-state index contributed by atoms with van der Waals surface area (Å²) in [6.45, 7) is 5.83. The molecule has 1 nitrogen and oxygen atoms in total. The van der Waals surface area contributed by atoms with E-state index in [9.17, 15) is 4.79 Å². The van der Waals surface area contributed by atoms with Crippen molar-refractivity contribution in [2.45, 2.75) is 27.2 Å². The molecule has 0 amide bonds. The van der Waals surface area contributed by atoms with Crippen LogP contribution in [0.15, 0.2) is 24.3 Å². The van der Waals surface area contributed by atoms with Crippen molar-refractivity contribution in [1.82, 2.24) is 0 Å². The van der Waals surface area contributed by atoms with Gasteiger partial charge in [0, 0.05) is 12.7 Å². The van der Waals surface area contributed by atoms with E-state index in [-0.39, 0.29) is 5.12 Å². The van der Waals surface area contributed by atoms with Crippen LogP contribution in [0.25, 0.3) is 6.08 Å². The van der Waals surface area contributed by atoms with E-state index in [2.05, 4.69) is 44.2 Å². The Morgan fingerprint density at radius 2 is 2.12 bits per heavy atom. The summed E-state index contributed by atoms with van der Waals surface area (Å²) < 4.78 is 0. The van der Waals surface area contributed by atoms with E-state index in [1.807, 2.05) is 0 Å². The van der Waals surface area contributed by atoms with Crippen molar-refractivity contribution in [2.24, 2.45) is 0 Å². The Morgan fingerprint density at radius 3 is 2.75 bits per heavy atom. The van der Waals surface area contributed by atoms with Crippen LogP contribution in [0, 0.1) is 13.8 Å². The standard InChI is InChI=1S/C14H18OS/c1-11-7-8-14(12(2)10-11)6-4-5-9-16-13(3)15/h4,6-8,10H,5,9H2,1-3H3. The van der Waals surface area contributed by atoms with Gasteiger partial charge in [0.15, 0.2) is 5.12 Å². The lowest BCUT2D eigenvalue weighted by Crippen LogP contribution is -1.84. The van der Waals surface area contributed by atoms with Crippen molar-refractivity contribution in [2.75, 3.05) is 5.75 Å². The first-order valence-electron chi connectivity index (χ1n) is 5.47. The number of thioether (sulfide) groups is 1. The summed E-state index contributed by atoms with van der Waals surface area (Å²) in [7, 11) is 0. The minimum atomic E-state index is 0.194. The molecule has 1 rings (SSSR count). The Kier molecular flexibility index (Phi) is 5.33. The maximum Gasteiger partial charge on any atom is 0.185 e. The molecule has 0 saturated heterocycles. The number of benzene rings is 1. The molecule has 0 heterocycles. The summed E-state index contributed by atoms with van der Waals surface area (Å²) in [6.07, 6.45) is 5.21. The van der Waals surface area contributed by atoms with Gasteiger partial charge in [-0.2, -0.15) is 0 Å². The Labute approximate surface area is 102 Å². The van der Waals surface area contributed by atoms with Gasteiger partial charge in [-0.25, -0.2) is 0 Å². The van der Waals surface area contributed by atoms with Gasteiger partial charge in [0.05, 0.1) is 0 Å². The first-order chi connectivity index (χ1) is 7.59. The maximum atomic E-state index is 10.7. The van der Waals surface area contributed by atoms with Crippen molar-refractivity contribution < 1.29 is 4.79 Å². The average Bonchev–Trinajstić information content (AvgIpc) is 2.20. The largest absolute Gasteiger partial charge is 0.288 e. The zero-order valence-corrected chi connectivity index (χ0v) is 10.9.